The highest BCUT2D eigenvalue weighted by Crippen LogP contribution is 2.55. The van der Waals surface area contributed by atoms with Crippen molar-refractivity contribution in [1.82, 2.24) is 0 Å². The summed E-state index contributed by atoms with van der Waals surface area (Å²) in [6.45, 7) is 0. The maximum atomic E-state index is 14.5. The van der Waals surface area contributed by atoms with Crippen LogP contribution in [-0.2, 0) is 10.1 Å². The summed E-state index contributed by atoms with van der Waals surface area (Å²) in [5, 5.41) is 0. The Morgan fingerprint density at radius 1 is 1.00 bits per heavy atom. The van der Waals surface area contributed by atoms with E-state index >= 15 is 0 Å². The van der Waals surface area contributed by atoms with Gasteiger partial charge in [-0.3, -0.25) is 4.55 Å². The van der Waals surface area contributed by atoms with E-state index in [4.69, 9.17) is 4.55 Å². The Kier molecular flexibility index (Phi) is 5.89. The SMILES string of the molecule is CSc1ccc(Sc2c(F)c(F)c(S(=O)(=O)O)c(F)c2F)c(C2CC3CCC2C3)c1. The lowest BCUT2D eigenvalue weighted by molar-refractivity contribution is 0.384. The van der Waals surface area contributed by atoms with Crippen LogP contribution in [0, 0.1) is 35.1 Å². The van der Waals surface area contributed by atoms with Crippen LogP contribution in [0.3, 0.4) is 0 Å². The standard InChI is InChI=1S/C20H18F4O3S3/c1-28-11-4-5-14(13(8-11)12-7-9-2-3-10(12)6-9)29-19-15(21)17(23)20(30(25,26)27)18(24)16(19)22/h4-5,8-10,12H,2-3,6-7H2,1H3,(H,25,26,27). The van der Waals surface area contributed by atoms with E-state index in [9.17, 15) is 26.0 Å². The minimum absolute atomic E-state index is 0.205. The molecule has 0 aliphatic heterocycles. The van der Waals surface area contributed by atoms with E-state index in [1.54, 1.807) is 12.1 Å². The van der Waals surface area contributed by atoms with E-state index in [1.807, 2.05) is 12.3 Å². The van der Waals surface area contributed by atoms with Crippen LogP contribution in [0.15, 0.2) is 37.8 Å². The van der Waals surface area contributed by atoms with E-state index in [1.165, 1.54) is 18.2 Å². The van der Waals surface area contributed by atoms with Gasteiger partial charge in [0.1, 0.15) is 0 Å². The van der Waals surface area contributed by atoms with E-state index in [-0.39, 0.29) is 5.92 Å². The zero-order valence-corrected chi connectivity index (χ0v) is 18.2. The summed E-state index contributed by atoms with van der Waals surface area (Å²) in [5.74, 6) is -6.68. The molecule has 0 spiro atoms. The molecule has 0 radical (unpaired) electrons. The molecule has 0 saturated heterocycles. The zero-order chi connectivity index (χ0) is 21.8. The lowest BCUT2D eigenvalue weighted by atomic mass is 9.83. The average Bonchev–Trinajstić information content (AvgIpc) is 3.32. The first-order valence-electron chi connectivity index (χ1n) is 9.31. The third kappa shape index (κ3) is 3.76. The second-order valence-corrected chi connectivity index (χ2v) is 11.0. The molecule has 30 heavy (non-hydrogen) atoms. The van der Waals surface area contributed by atoms with Gasteiger partial charge in [-0.05, 0) is 67.0 Å². The van der Waals surface area contributed by atoms with Gasteiger partial charge in [-0.15, -0.1) is 11.8 Å². The van der Waals surface area contributed by atoms with Crippen molar-refractivity contribution < 1.29 is 30.5 Å². The van der Waals surface area contributed by atoms with Crippen LogP contribution in [0.5, 0.6) is 0 Å². The quantitative estimate of drug-likeness (QED) is 0.238. The van der Waals surface area contributed by atoms with Crippen LogP contribution in [0.25, 0.3) is 0 Å². The highest BCUT2D eigenvalue weighted by molar-refractivity contribution is 7.99. The number of rotatable bonds is 5. The van der Waals surface area contributed by atoms with Crippen LogP contribution >= 0.6 is 23.5 Å². The number of thioether (sulfide) groups is 1. The number of halogens is 4. The van der Waals surface area contributed by atoms with Crippen molar-refractivity contribution in [2.75, 3.05) is 6.26 Å². The van der Waals surface area contributed by atoms with Gasteiger partial charge in [0.15, 0.2) is 28.2 Å². The zero-order valence-electron chi connectivity index (χ0n) is 15.8. The van der Waals surface area contributed by atoms with Gasteiger partial charge in [-0.1, -0.05) is 18.2 Å². The molecular formula is C20H18F4O3S3. The molecule has 3 atom stereocenters. The normalized spacial score (nSPS) is 23.3. The van der Waals surface area contributed by atoms with Gasteiger partial charge in [-0.2, -0.15) is 8.42 Å². The Hall–Kier alpha value is -1.23. The van der Waals surface area contributed by atoms with Gasteiger partial charge in [0.2, 0.25) is 0 Å². The lowest BCUT2D eigenvalue weighted by Gasteiger charge is -2.25. The van der Waals surface area contributed by atoms with Crippen LogP contribution in [-0.4, -0.2) is 19.2 Å². The predicted octanol–water partition coefficient (Wildman–Crippen LogP) is 6.27. The highest BCUT2D eigenvalue weighted by atomic mass is 32.2. The number of hydrogen-bond acceptors (Lipinski definition) is 4. The third-order valence-electron chi connectivity index (χ3n) is 6.01. The first kappa shape index (κ1) is 22.0. The molecular weight excluding hydrogens is 460 g/mol. The minimum atomic E-state index is -5.48. The van der Waals surface area contributed by atoms with E-state index in [0.29, 0.717) is 28.5 Å². The second-order valence-electron chi connectivity index (χ2n) is 7.68. The van der Waals surface area contributed by atoms with E-state index in [2.05, 4.69) is 0 Å². The van der Waals surface area contributed by atoms with Crippen molar-refractivity contribution in [3.8, 4) is 0 Å². The van der Waals surface area contributed by atoms with Crippen molar-refractivity contribution in [3.05, 3.63) is 47.0 Å². The van der Waals surface area contributed by atoms with Crippen LogP contribution in [0.1, 0.15) is 37.2 Å². The Balaban J connectivity index is 1.80. The van der Waals surface area contributed by atoms with Gasteiger partial charge in [0.25, 0.3) is 0 Å². The molecule has 2 bridgehead atoms. The van der Waals surface area contributed by atoms with Crippen LogP contribution in [0.2, 0.25) is 0 Å². The molecule has 3 nitrogen and oxygen atoms in total. The number of fused-ring (bicyclic) bond motifs is 2. The van der Waals surface area contributed by atoms with Crippen molar-refractivity contribution in [2.24, 2.45) is 11.8 Å². The molecule has 1 N–H and O–H groups in total. The number of hydrogen-bond donors (Lipinski definition) is 1. The monoisotopic (exact) mass is 478 g/mol. The summed E-state index contributed by atoms with van der Waals surface area (Å²) in [7, 11) is -5.48. The molecule has 2 fully saturated rings. The molecule has 0 aromatic heterocycles. The Morgan fingerprint density at radius 2 is 1.67 bits per heavy atom. The third-order valence-corrected chi connectivity index (χ3v) is 8.76. The first-order valence-corrected chi connectivity index (χ1v) is 12.8. The second kappa shape index (κ2) is 8.03. The molecule has 0 heterocycles. The van der Waals surface area contributed by atoms with Gasteiger partial charge >= 0.3 is 10.1 Å². The maximum Gasteiger partial charge on any atom is 0.300 e. The summed E-state index contributed by atoms with van der Waals surface area (Å²) in [5.41, 5.74) is 0.887. The summed E-state index contributed by atoms with van der Waals surface area (Å²) < 4.78 is 88.7. The highest BCUT2D eigenvalue weighted by Gasteiger charge is 2.41. The molecule has 0 amide bonds. The largest absolute Gasteiger partial charge is 0.300 e. The van der Waals surface area contributed by atoms with Gasteiger partial charge < -0.3 is 0 Å². The topological polar surface area (TPSA) is 54.4 Å². The molecule has 2 saturated carbocycles. The van der Waals surface area contributed by atoms with Crippen molar-refractivity contribution in [2.45, 2.75) is 51.2 Å². The van der Waals surface area contributed by atoms with Crippen molar-refractivity contribution in [1.29, 1.82) is 0 Å². The van der Waals surface area contributed by atoms with Gasteiger partial charge in [0, 0.05) is 9.79 Å². The fourth-order valence-electron chi connectivity index (χ4n) is 4.68. The Labute approximate surface area is 180 Å². The average molecular weight is 479 g/mol. The van der Waals surface area contributed by atoms with Crippen LogP contribution < -0.4 is 0 Å². The number of benzene rings is 2. The molecule has 3 unspecified atom stereocenters. The molecule has 10 heteroatoms. The maximum absolute atomic E-state index is 14.5. The molecule has 162 valence electrons. The van der Waals surface area contributed by atoms with Gasteiger partial charge in [0.05, 0.1) is 4.90 Å². The smallest absolute Gasteiger partial charge is 0.282 e. The Morgan fingerprint density at radius 3 is 2.17 bits per heavy atom. The lowest BCUT2D eigenvalue weighted by Crippen LogP contribution is -2.12. The summed E-state index contributed by atoms with van der Waals surface area (Å²) in [6.07, 6.45) is 6.23. The minimum Gasteiger partial charge on any atom is -0.282 e. The summed E-state index contributed by atoms with van der Waals surface area (Å²) in [4.78, 5) is -1.55. The van der Waals surface area contributed by atoms with Gasteiger partial charge in [-0.25, -0.2) is 17.6 Å². The van der Waals surface area contributed by atoms with Crippen molar-refractivity contribution in [3.63, 3.8) is 0 Å². The fourth-order valence-corrected chi connectivity index (χ4v) is 6.80. The predicted molar refractivity (Wildman–Crippen MR) is 107 cm³/mol. The Bertz CT molecular complexity index is 1090. The molecule has 2 aromatic carbocycles. The fraction of sp³-hybridized carbons (Fsp3) is 0.400. The molecule has 2 aromatic rings. The molecule has 2 aliphatic carbocycles. The molecule has 4 rings (SSSR count). The van der Waals surface area contributed by atoms with E-state index < -0.39 is 43.2 Å². The first-order chi connectivity index (χ1) is 14.1. The van der Waals surface area contributed by atoms with Crippen LogP contribution in [0.4, 0.5) is 17.6 Å². The van der Waals surface area contributed by atoms with Crippen molar-refractivity contribution >= 4 is 33.6 Å². The molecule has 2 aliphatic rings. The van der Waals surface area contributed by atoms with E-state index in [0.717, 1.165) is 29.7 Å². The summed E-state index contributed by atoms with van der Waals surface area (Å²) in [6, 6.07) is 5.38. The summed E-state index contributed by atoms with van der Waals surface area (Å²) >= 11 is 2.05.